The van der Waals surface area contributed by atoms with E-state index in [-0.39, 0.29) is 6.61 Å². The first kappa shape index (κ1) is 12.4. The van der Waals surface area contributed by atoms with Crippen molar-refractivity contribution in [2.75, 3.05) is 18.0 Å². The van der Waals surface area contributed by atoms with Gasteiger partial charge in [-0.3, -0.25) is 0 Å². The molecule has 3 nitrogen and oxygen atoms in total. The fourth-order valence-corrected chi connectivity index (χ4v) is 3.75. The van der Waals surface area contributed by atoms with Crippen LogP contribution in [0.2, 0.25) is 0 Å². The molecule has 0 bridgehead atoms. The number of aliphatic hydroxyl groups is 1. The molecule has 2 heterocycles. The second kappa shape index (κ2) is 4.82. The van der Waals surface area contributed by atoms with Gasteiger partial charge in [0.25, 0.3) is 0 Å². The molecule has 1 saturated carbocycles. The quantitative estimate of drug-likeness (QED) is 0.913. The lowest BCUT2D eigenvalue weighted by Gasteiger charge is -2.35. The van der Waals surface area contributed by atoms with E-state index in [0.717, 1.165) is 34.9 Å². The summed E-state index contributed by atoms with van der Waals surface area (Å²) in [4.78, 5) is 8.32. The minimum absolute atomic E-state index is 0.156. The highest BCUT2D eigenvalue weighted by Crippen LogP contribution is 2.44. The topological polar surface area (TPSA) is 36.4 Å². The van der Waals surface area contributed by atoms with Crippen LogP contribution >= 0.6 is 11.3 Å². The number of aliphatic hydroxyl groups excluding tert-OH is 1. The molecule has 0 radical (unpaired) electrons. The minimum Gasteiger partial charge on any atom is -0.391 e. The molecule has 1 aliphatic carbocycles. The van der Waals surface area contributed by atoms with Gasteiger partial charge in [-0.15, -0.1) is 0 Å². The SMILES string of the molecule is CC1CCN(c2nc(C3CC3)c(CO)s2)CC1C. The van der Waals surface area contributed by atoms with Gasteiger partial charge < -0.3 is 10.0 Å². The van der Waals surface area contributed by atoms with Crippen LogP contribution in [0.15, 0.2) is 0 Å². The van der Waals surface area contributed by atoms with E-state index in [1.165, 1.54) is 25.0 Å². The summed E-state index contributed by atoms with van der Waals surface area (Å²) in [6.45, 7) is 7.07. The number of hydrogen-bond acceptors (Lipinski definition) is 4. The molecule has 100 valence electrons. The van der Waals surface area contributed by atoms with E-state index < -0.39 is 0 Å². The number of rotatable bonds is 3. The number of nitrogens with zero attached hydrogens (tertiary/aromatic N) is 2. The fourth-order valence-electron chi connectivity index (χ4n) is 2.71. The summed E-state index contributed by atoms with van der Waals surface area (Å²) in [7, 11) is 0. The molecular weight excluding hydrogens is 244 g/mol. The average molecular weight is 266 g/mol. The summed E-state index contributed by atoms with van der Waals surface area (Å²) in [5, 5.41) is 10.6. The molecule has 2 aliphatic rings. The van der Waals surface area contributed by atoms with Gasteiger partial charge in [-0.1, -0.05) is 25.2 Å². The van der Waals surface area contributed by atoms with Crippen LogP contribution in [0.1, 0.15) is 49.6 Å². The second-order valence-electron chi connectivity index (χ2n) is 5.93. The molecule has 1 N–H and O–H groups in total. The predicted molar refractivity (Wildman–Crippen MR) is 75.2 cm³/mol. The lowest BCUT2D eigenvalue weighted by molar-refractivity contribution is 0.284. The summed E-state index contributed by atoms with van der Waals surface area (Å²) in [5.41, 5.74) is 1.18. The highest BCUT2D eigenvalue weighted by Gasteiger charge is 2.31. The summed E-state index contributed by atoms with van der Waals surface area (Å²) in [6.07, 6.45) is 3.77. The Labute approximate surface area is 113 Å². The molecular formula is C14H22N2OS. The molecule has 1 aliphatic heterocycles. The van der Waals surface area contributed by atoms with E-state index >= 15 is 0 Å². The van der Waals surface area contributed by atoms with Crippen LogP contribution in [-0.4, -0.2) is 23.2 Å². The molecule has 2 atom stereocenters. The standard InChI is InChI=1S/C14H22N2OS/c1-9-5-6-16(7-10(9)2)14-15-13(11-3-4-11)12(8-17)18-14/h9-11,17H,3-8H2,1-2H3. The molecule has 4 heteroatoms. The van der Waals surface area contributed by atoms with Crippen LogP contribution in [0, 0.1) is 11.8 Å². The van der Waals surface area contributed by atoms with Crippen molar-refractivity contribution in [3.05, 3.63) is 10.6 Å². The maximum absolute atomic E-state index is 9.45. The number of hydrogen-bond donors (Lipinski definition) is 1. The van der Waals surface area contributed by atoms with Gasteiger partial charge in [0.05, 0.1) is 17.2 Å². The molecule has 0 amide bonds. The Balaban J connectivity index is 1.79. The van der Waals surface area contributed by atoms with Crippen LogP contribution in [0.3, 0.4) is 0 Å². The van der Waals surface area contributed by atoms with Crippen molar-refractivity contribution in [2.24, 2.45) is 11.8 Å². The van der Waals surface area contributed by atoms with Gasteiger partial charge in [-0.05, 0) is 31.1 Å². The molecule has 1 aromatic rings. The average Bonchev–Trinajstić information content (AvgIpc) is 3.12. The largest absolute Gasteiger partial charge is 0.391 e. The zero-order chi connectivity index (χ0) is 12.7. The van der Waals surface area contributed by atoms with Crippen LogP contribution in [0.5, 0.6) is 0 Å². The molecule has 1 saturated heterocycles. The first-order valence-corrected chi connectivity index (χ1v) is 7.86. The van der Waals surface area contributed by atoms with Crippen molar-refractivity contribution in [3.63, 3.8) is 0 Å². The highest BCUT2D eigenvalue weighted by atomic mass is 32.1. The molecule has 1 aromatic heterocycles. The first-order valence-electron chi connectivity index (χ1n) is 7.04. The van der Waals surface area contributed by atoms with E-state index in [2.05, 4.69) is 18.7 Å². The second-order valence-corrected chi connectivity index (χ2v) is 6.99. The van der Waals surface area contributed by atoms with Gasteiger partial charge in [0, 0.05) is 19.0 Å². The normalized spacial score (nSPS) is 28.7. The van der Waals surface area contributed by atoms with Gasteiger partial charge in [0.1, 0.15) is 0 Å². The van der Waals surface area contributed by atoms with Crippen LogP contribution in [0.4, 0.5) is 5.13 Å². The van der Waals surface area contributed by atoms with Crippen molar-refractivity contribution < 1.29 is 5.11 Å². The number of piperidine rings is 1. The third kappa shape index (κ3) is 2.28. The Kier molecular flexibility index (Phi) is 3.32. The maximum Gasteiger partial charge on any atom is 0.185 e. The maximum atomic E-state index is 9.45. The van der Waals surface area contributed by atoms with Crippen LogP contribution in [-0.2, 0) is 6.61 Å². The third-order valence-corrected chi connectivity index (χ3v) is 5.55. The monoisotopic (exact) mass is 266 g/mol. The Morgan fingerprint density at radius 3 is 2.67 bits per heavy atom. The van der Waals surface area contributed by atoms with E-state index in [9.17, 15) is 5.11 Å². The van der Waals surface area contributed by atoms with E-state index in [0.29, 0.717) is 5.92 Å². The summed E-state index contributed by atoms with van der Waals surface area (Å²) >= 11 is 1.70. The van der Waals surface area contributed by atoms with Gasteiger partial charge in [0.2, 0.25) is 0 Å². The smallest absolute Gasteiger partial charge is 0.185 e. The Morgan fingerprint density at radius 1 is 1.28 bits per heavy atom. The van der Waals surface area contributed by atoms with Crippen LogP contribution in [0.25, 0.3) is 0 Å². The minimum atomic E-state index is 0.156. The molecule has 2 fully saturated rings. The Morgan fingerprint density at radius 2 is 2.06 bits per heavy atom. The van der Waals surface area contributed by atoms with Crippen molar-refractivity contribution in [1.29, 1.82) is 0 Å². The Bertz CT molecular complexity index is 427. The third-order valence-electron chi connectivity index (χ3n) is 4.43. The van der Waals surface area contributed by atoms with Crippen molar-refractivity contribution in [2.45, 2.75) is 45.6 Å². The summed E-state index contributed by atoms with van der Waals surface area (Å²) < 4.78 is 0. The molecule has 2 unspecified atom stereocenters. The lowest BCUT2D eigenvalue weighted by Crippen LogP contribution is -2.38. The van der Waals surface area contributed by atoms with Crippen LogP contribution < -0.4 is 4.90 Å². The molecule has 18 heavy (non-hydrogen) atoms. The number of thiazole rings is 1. The van der Waals surface area contributed by atoms with Gasteiger partial charge in [-0.25, -0.2) is 4.98 Å². The van der Waals surface area contributed by atoms with E-state index in [1.807, 2.05) is 0 Å². The molecule has 0 aromatic carbocycles. The lowest BCUT2D eigenvalue weighted by atomic mass is 9.89. The van der Waals surface area contributed by atoms with Gasteiger partial charge in [-0.2, -0.15) is 0 Å². The van der Waals surface area contributed by atoms with Gasteiger partial charge in [0.15, 0.2) is 5.13 Å². The van der Waals surface area contributed by atoms with E-state index in [1.54, 1.807) is 11.3 Å². The predicted octanol–water partition coefficient (Wildman–Crippen LogP) is 3.00. The van der Waals surface area contributed by atoms with Crippen molar-refractivity contribution >= 4 is 16.5 Å². The summed E-state index contributed by atoms with van der Waals surface area (Å²) in [6, 6.07) is 0. The van der Waals surface area contributed by atoms with Crippen molar-refractivity contribution in [1.82, 2.24) is 4.98 Å². The molecule has 3 rings (SSSR count). The zero-order valence-corrected chi connectivity index (χ0v) is 12.0. The molecule has 0 spiro atoms. The van der Waals surface area contributed by atoms with Gasteiger partial charge >= 0.3 is 0 Å². The first-order chi connectivity index (χ1) is 8.69. The summed E-state index contributed by atoms with van der Waals surface area (Å²) in [5.74, 6) is 2.20. The van der Waals surface area contributed by atoms with E-state index in [4.69, 9.17) is 4.98 Å². The number of aromatic nitrogens is 1. The fraction of sp³-hybridized carbons (Fsp3) is 0.786. The zero-order valence-electron chi connectivity index (χ0n) is 11.2. The van der Waals surface area contributed by atoms with Crippen molar-refractivity contribution in [3.8, 4) is 0 Å². The highest BCUT2D eigenvalue weighted by molar-refractivity contribution is 7.15. The Hall–Kier alpha value is -0.610. The number of anilines is 1.